The summed E-state index contributed by atoms with van der Waals surface area (Å²) in [5.74, 6) is 1.76. The van der Waals surface area contributed by atoms with E-state index in [4.69, 9.17) is 4.98 Å². The van der Waals surface area contributed by atoms with Gasteiger partial charge in [0.2, 0.25) is 0 Å². The number of anilines is 1. The molecule has 0 unspecified atom stereocenters. The van der Waals surface area contributed by atoms with Gasteiger partial charge in [-0.2, -0.15) is 0 Å². The molecule has 3 heteroatoms. The summed E-state index contributed by atoms with van der Waals surface area (Å²) in [4.78, 5) is 7.13. The van der Waals surface area contributed by atoms with Gasteiger partial charge in [-0.15, -0.1) is 6.58 Å². The minimum atomic E-state index is 0.671. The first-order chi connectivity index (χ1) is 9.20. The largest absolute Gasteiger partial charge is 0.350 e. The number of hydrogen-bond donors (Lipinski definition) is 1. The molecule has 1 heterocycles. The summed E-state index contributed by atoms with van der Waals surface area (Å²) in [6.07, 6.45) is 4.53. The fourth-order valence-electron chi connectivity index (χ4n) is 2.17. The van der Waals surface area contributed by atoms with Crippen LogP contribution in [0.15, 0.2) is 30.9 Å². The van der Waals surface area contributed by atoms with Gasteiger partial charge in [0, 0.05) is 19.1 Å². The van der Waals surface area contributed by atoms with Gasteiger partial charge < -0.3 is 10.2 Å². The quantitative estimate of drug-likeness (QED) is 0.727. The van der Waals surface area contributed by atoms with Crippen LogP contribution < -0.4 is 10.2 Å². The molecule has 0 spiro atoms. The van der Waals surface area contributed by atoms with Crippen LogP contribution >= 0.6 is 0 Å². The zero-order chi connectivity index (χ0) is 13.7. The average molecular weight is 259 g/mol. The van der Waals surface area contributed by atoms with Crippen molar-refractivity contribution in [2.45, 2.75) is 39.3 Å². The normalized spacial score (nSPS) is 14.7. The molecule has 1 aliphatic rings. The van der Waals surface area contributed by atoms with Crippen molar-refractivity contribution in [3.63, 3.8) is 0 Å². The van der Waals surface area contributed by atoms with E-state index in [-0.39, 0.29) is 0 Å². The third kappa shape index (κ3) is 4.35. The molecule has 0 saturated heterocycles. The molecule has 0 radical (unpaired) electrons. The van der Waals surface area contributed by atoms with Crippen LogP contribution in [0.1, 0.15) is 32.4 Å². The van der Waals surface area contributed by atoms with E-state index in [0.29, 0.717) is 12.0 Å². The molecular formula is C16H25N3. The second kappa shape index (κ2) is 6.71. The summed E-state index contributed by atoms with van der Waals surface area (Å²) in [6.45, 7) is 11.0. The van der Waals surface area contributed by atoms with Crippen LogP contribution in [0, 0.1) is 5.92 Å². The third-order valence-electron chi connectivity index (χ3n) is 3.26. The van der Waals surface area contributed by atoms with Gasteiger partial charge in [0.1, 0.15) is 5.82 Å². The van der Waals surface area contributed by atoms with Gasteiger partial charge in [0.15, 0.2) is 0 Å². The summed E-state index contributed by atoms with van der Waals surface area (Å²) in [6, 6.07) is 6.97. The first kappa shape index (κ1) is 14.1. The summed E-state index contributed by atoms with van der Waals surface area (Å²) < 4.78 is 0. The average Bonchev–Trinajstić information content (AvgIpc) is 3.20. The molecule has 0 bridgehead atoms. The van der Waals surface area contributed by atoms with Crippen LogP contribution in [0.3, 0.4) is 0 Å². The maximum atomic E-state index is 4.77. The van der Waals surface area contributed by atoms with Crippen molar-refractivity contribution in [3.05, 3.63) is 36.5 Å². The number of pyridine rings is 1. The third-order valence-corrected chi connectivity index (χ3v) is 3.26. The highest BCUT2D eigenvalue weighted by Crippen LogP contribution is 2.30. The van der Waals surface area contributed by atoms with E-state index < -0.39 is 0 Å². The van der Waals surface area contributed by atoms with E-state index in [1.807, 2.05) is 6.08 Å². The van der Waals surface area contributed by atoms with Gasteiger partial charge in [-0.25, -0.2) is 4.98 Å². The fraction of sp³-hybridized carbons (Fsp3) is 0.562. The van der Waals surface area contributed by atoms with E-state index >= 15 is 0 Å². The Kier molecular flexibility index (Phi) is 4.97. The lowest BCUT2D eigenvalue weighted by molar-refractivity contribution is 0.548. The van der Waals surface area contributed by atoms with E-state index in [2.05, 4.69) is 48.8 Å². The van der Waals surface area contributed by atoms with Crippen molar-refractivity contribution in [2.75, 3.05) is 18.0 Å². The first-order valence-corrected chi connectivity index (χ1v) is 7.25. The molecule has 0 atom stereocenters. The van der Waals surface area contributed by atoms with Gasteiger partial charge in [0.05, 0.1) is 5.69 Å². The maximum absolute atomic E-state index is 4.77. The Bertz CT molecular complexity index is 410. The number of nitrogens with one attached hydrogen (secondary N) is 1. The molecule has 0 amide bonds. The molecule has 3 nitrogen and oxygen atoms in total. The molecule has 104 valence electrons. The van der Waals surface area contributed by atoms with Crippen molar-refractivity contribution in [2.24, 2.45) is 5.92 Å². The molecule has 1 N–H and O–H groups in total. The zero-order valence-electron chi connectivity index (χ0n) is 12.1. The topological polar surface area (TPSA) is 28.2 Å². The highest BCUT2D eigenvalue weighted by Gasteiger charge is 2.29. The predicted octanol–water partition coefficient (Wildman–Crippen LogP) is 2.98. The Hall–Kier alpha value is -1.35. The lowest BCUT2D eigenvalue weighted by Crippen LogP contribution is -2.27. The van der Waals surface area contributed by atoms with E-state index in [0.717, 1.165) is 31.1 Å². The molecule has 1 saturated carbocycles. The monoisotopic (exact) mass is 259 g/mol. The molecule has 19 heavy (non-hydrogen) atoms. The molecule has 2 rings (SSSR count). The first-order valence-electron chi connectivity index (χ1n) is 7.25. The van der Waals surface area contributed by atoms with Crippen molar-refractivity contribution < 1.29 is 0 Å². The number of nitrogens with zero attached hydrogens (tertiary/aromatic N) is 2. The minimum absolute atomic E-state index is 0.671. The van der Waals surface area contributed by atoms with Crippen molar-refractivity contribution >= 4 is 5.82 Å². The molecule has 1 aliphatic carbocycles. The van der Waals surface area contributed by atoms with Gasteiger partial charge in [-0.3, -0.25) is 0 Å². The lowest BCUT2D eigenvalue weighted by Gasteiger charge is -2.22. The summed E-state index contributed by atoms with van der Waals surface area (Å²) in [7, 11) is 0. The van der Waals surface area contributed by atoms with Crippen LogP contribution in [-0.4, -0.2) is 24.1 Å². The Morgan fingerprint density at radius 3 is 2.89 bits per heavy atom. The van der Waals surface area contributed by atoms with E-state index in [9.17, 15) is 0 Å². The molecule has 1 aromatic rings. The smallest absolute Gasteiger partial charge is 0.129 e. The molecule has 1 fully saturated rings. The van der Waals surface area contributed by atoms with Crippen LogP contribution in [0.25, 0.3) is 0 Å². The second-order valence-corrected chi connectivity index (χ2v) is 5.68. The Balaban J connectivity index is 1.98. The minimum Gasteiger partial charge on any atom is -0.350 e. The SMILES string of the molecule is C=CCN(c1cccc(CNCC(C)C)n1)C1CC1. The number of aromatic nitrogens is 1. The second-order valence-electron chi connectivity index (χ2n) is 5.68. The number of rotatable bonds is 8. The molecular weight excluding hydrogens is 234 g/mol. The van der Waals surface area contributed by atoms with Gasteiger partial charge in [-0.05, 0) is 37.4 Å². The van der Waals surface area contributed by atoms with Gasteiger partial charge >= 0.3 is 0 Å². The van der Waals surface area contributed by atoms with Crippen LogP contribution in [0.2, 0.25) is 0 Å². The van der Waals surface area contributed by atoms with Crippen molar-refractivity contribution in [3.8, 4) is 0 Å². The van der Waals surface area contributed by atoms with Crippen LogP contribution in [0.4, 0.5) is 5.82 Å². The summed E-state index contributed by atoms with van der Waals surface area (Å²) in [5, 5.41) is 3.44. The van der Waals surface area contributed by atoms with Crippen molar-refractivity contribution in [1.82, 2.24) is 10.3 Å². The Morgan fingerprint density at radius 1 is 1.47 bits per heavy atom. The Labute approximate surface area is 116 Å². The Morgan fingerprint density at radius 2 is 2.26 bits per heavy atom. The highest BCUT2D eigenvalue weighted by molar-refractivity contribution is 5.43. The standard InChI is InChI=1S/C16H25N3/c1-4-10-19(15-8-9-15)16-7-5-6-14(18-16)12-17-11-13(2)3/h4-7,13,15,17H,1,8-12H2,2-3H3. The summed E-state index contributed by atoms with van der Waals surface area (Å²) in [5.41, 5.74) is 1.12. The number of hydrogen-bond acceptors (Lipinski definition) is 3. The van der Waals surface area contributed by atoms with Crippen molar-refractivity contribution in [1.29, 1.82) is 0 Å². The summed E-state index contributed by atoms with van der Waals surface area (Å²) >= 11 is 0. The lowest BCUT2D eigenvalue weighted by atomic mass is 10.2. The molecule has 1 aromatic heterocycles. The molecule has 0 aliphatic heterocycles. The zero-order valence-corrected chi connectivity index (χ0v) is 12.1. The maximum Gasteiger partial charge on any atom is 0.129 e. The molecule has 0 aromatic carbocycles. The fourth-order valence-corrected chi connectivity index (χ4v) is 2.17. The van der Waals surface area contributed by atoms with Crippen LogP contribution in [-0.2, 0) is 6.54 Å². The highest BCUT2D eigenvalue weighted by atomic mass is 15.2. The van der Waals surface area contributed by atoms with E-state index in [1.165, 1.54) is 12.8 Å². The predicted molar refractivity (Wildman–Crippen MR) is 81.3 cm³/mol. The van der Waals surface area contributed by atoms with E-state index in [1.54, 1.807) is 0 Å². The van der Waals surface area contributed by atoms with Gasteiger partial charge in [0.25, 0.3) is 0 Å². The van der Waals surface area contributed by atoms with Crippen LogP contribution in [0.5, 0.6) is 0 Å². The van der Waals surface area contributed by atoms with Gasteiger partial charge in [-0.1, -0.05) is 26.0 Å².